The number of urea groups is 1. The molecule has 2 aliphatic rings. The van der Waals surface area contributed by atoms with Crippen LogP contribution in [0.5, 0.6) is 0 Å². The van der Waals surface area contributed by atoms with Gasteiger partial charge in [0, 0.05) is 32.2 Å². The van der Waals surface area contributed by atoms with Crippen molar-refractivity contribution < 1.29 is 13.9 Å². The zero-order valence-electron chi connectivity index (χ0n) is 16.2. The number of nitrogens with one attached hydrogen (secondary N) is 1. The second-order valence-electron chi connectivity index (χ2n) is 7.38. The molecule has 1 aliphatic carbocycles. The molecule has 1 aromatic rings. The van der Waals surface area contributed by atoms with Crippen LogP contribution in [0.15, 0.2) is 16.5 Å². The molecule has 6 nitrogen and oxygen atoms in total. The highest BCUT2D eigenvalue weighted by atomic mass is 16.5. The van der Waals surface area contributed by atoms with E-state index < -0.39 is 0 Å². The normalized spacial score (nSPS) is 20.7. The number of hydrogen-bond donors (Lipinski definition) is 1. The molecule has 146 valence electrons. The Hall–Kier alpha value is -1.53. The van der Waals surface area contributed by atoms with Gasteiger partial charge in [0.25, 0.3) is 0 Å². The lowest BCUT2D eigenvalue weighted by atomic mass is 9.94. The van der Waals surface area contributed by atoms with Crippen molar-refractivity contribution in [2.24, 2.45) is 0 Å². The van der Waals surface area contributed by atoms with Gasteiger partial charge in [-0.2, -0.15) is 0 Å². The first-order valence-electron chi connectivity index (χ1n) is 10.1. The summed E-state index contributed by atoms with van der Waals surface area (Å²) in [5.74, 6) is 1.83. The highest BCUT2D eigenvalue weighted by molar-refractivity contribution is 5.74. The van der Waals surface area contributed by atoms with Gasteiger partial charge >= 0.3 is 6.03 Å². The lowest BCUT2D eigenvalue weighted by Gasteiger charge is -2.36. The quantitative estimate of drug-likeness (QED) is 0.842. The van der Waals surface area contributed by atoms with E-state index in [4.69, 9.17) is 9.15 Å². The number of morpholine rings is 1. The number of aryl methyl sites for hydroxylation is 1. The molecule has 6 heteroatoms. The van der Waals surface area contributed by atoms with E-state index in [1.54, 1.807) is 0 Å². The third kappa shape index (κ3) is 4.80. The molecule has 0 radical (unpaired) electrons. The molecule has 2 heterocycles. The average molecular weight is 364 g/mol. The summed E-state index contributed by atoms with van der Waals surface area (Å²) < 4.78 is 11.4. The van der Waals surface area contributed by atoms with Crippen LogP contribution in [-0.2, 0) is 4.74 Å². The van der Waals surface area contributed by atoms with E-state index >= 15 is 0 Å². The van der Waals surface area contributed by atoms with Crippen molar-refractivity contribution in [3.8, 4) is 0 Å². The Morgan fingerprint density at radius 1 is 1.27 bits per heavy atom. The van der Waals surface area contributed by atoms with Crippen LogP contribution in [0.4, 0.5) is 4.79 Å². The van der Waals surface area contributed by atoms with Crippen molar-refractivity contribution in [1.82, 2.24) is 15.1 Å². The Bertz CT molecular complexity index is 562. The van der Waals surface area contributed by atoms with Crippen molar-refractivity contribution in [3.05, 3.63) is 23.7 Å². The number of amides is 2. The van der Waals surface area contributed by atoms with Crippen LogP contribution >= 0.6 is 0 Å². The van der Waals surface area contributed by atoms with Gasteiger partial charge in [-0.15, -0.1) is 0 Å². The number of furan rings is 1. The summed E-state index contributed by atoms with van der Waals surface area (Å²) in [6.45, 7) is 8.54. The van der Waals surface area contributed by atoms with Gasteiger partial charge in [0.15, 0.2) is 0 Å². The van der Waals surface area contributed by atoms with Crippen molar-refractivity contribution in [2.45, 2.75) is 58.0 Å². The van der Waals surface area contributed by atoms with Crippen LogP contribution in [0.1, 0.15) is 56.6 Å². The summed E-state index contributed by atoms with van der Waals surface area (Å²) in [5, 5.41) is 3.18. The molecule has 1 aliphatic heterocycles. The van der Waals surface area contributed by atoms with E-state index in [1.165, 1.54) is 19.3 Å². The first-order valence-corrected chi connectivity index (χ1v) is 10.1. The van der Waals surface area contributed by atoms with Crippen LogP contribution in [0.3, 0.4) is 0 Å². The van der Waals surface area contributed by atoms with E-state index in [1.807, 2.05) is 24.0 Å². The van der Waals surface area contributed by atoms with Gasteiger partial charge in [0.1, 0.15) is 11.5 Å². The SMILES string of the molecule is CCN(C(=O)NCC(c1ccc(C)o1)N1CCOCC1)C1CCCCC1. The van der Waals surface area contributed by atoms with E-state index in [-0.39, 0.29) is 12.1 Å². The van der Waals surface area contributed by atoms with E-state index in [9.17, 15) is 4.79 Å². The largest absolute Gasteiger partial charge is 0.465 e. The molecule has 0 aromatic carbocycles. The lowest BCUT2D eigenvalue weighted by Crippen LogP contribution is -2.50. The van der Waals surface area contributed by atoms with Crippen molar-refractivity contribution in [1.29, 1.82) is 0 Å². The molecule has 3 rings (SSSR count). The first kappa shape index (κ1) is 19.2. The molecule has 0 spiro atoms. The van der Waals surface area contributed by atoms with Gasteiger partial charge < -0.3 is 19.4 Å². The standard InChI is InChI=1S/C20H33N3O3/c1-3-23(17-7-5-4-6-8-17)20(24)21-15-18(19-10-9-16(2)26-19)22-11-13-25-14-12-22/h9-10,17-18H,3-8,11-15H2,1-2H3,(H,21,24). The maximum atomic E-state index is 12.8. The molecule has 1 unspecified atom stereocenters. The number of carbonyl (C=O) groups is 1. The lowest BCUT2D eigenvalue weighted by molar-refractivity contribution is 0.0118. The maximum Gasteiger partial charge on any atom is 0.317 e. The first-order chi connectivity index (χ1) is 12.7. The zero-order chi connectivity index (χ0) is 18.4. The van der Waals surface area contributed by atoms with E-state index in [0.717, 1.165) is 57.2 Å². The molecule has 2 fully saturated rings. The fourth-order valence-corrected chi connectivity index (χ4v) is 4.18. The van der Waals surface area contributed by atoms with Crippen LogP contribution in [0.25, 0.3) is 0 Å². The summed E-state index contributed by atoms with van der Waals surface area (Å²) >= 11 is 0. The predicted octanol–water partition coefficient (Wildman–Crippen LogP) is 3.33. The molecule has 0 bridgehead atoms. The third-order valence-electron chi connectivity index (χ3n) is 5.64. The van der Waals surface area contributed by atoms with Crippen molar-refractivity contribution >= 4 is 6.03 Å². The van der Waals surface area contributed by atoms with Crippen LogP contribution < -0.4 is 5.32 Å². The highest BCUT2D eigenvalue weighted by Crippen LogP contribution is 2.25. The van der Waals surface area contributed by atoms with Crippen molar-refractivity contribution in [3.63, 3.8) is 0 Å². The molecule has 1 aromatic heterocycles. The third-order valence-corrected chi connectivity index (χ3v) is 5.64. The predicted molar refractivity (Wildman–Crippen MR) is 101 cm³/mol. The van der Waals surface area contributed by atoms with Gasteiger partial charge in [0.05, 0.1) is 19.3 Å². The van der Waals surface area contributed by atoms with E-state index in [0.29, 0.717) is 12.6 Å². The van der Waals surface area contributed by atoms with E-state index in [2.05, 4.69) is 17.1 Å². The fourth-order valence-electron chi connectivity index (χ4n) is 4.18. The molecular formula is C20H33N3O3. The Labute approximate surface area is 156 Å². The van der Waals surface area contributed by atoms with Gasteiger partial charge in [-0.1, -0.05) is 19.3 Å². The molecule has 2 amide bonds. The number of hydrogen-bond acceptors (Lipinski definition) is 4. The Morgan fingerprint density at radius 3 is 2.62 bits per heavy atom. The summed E-state index contributed by atoms with van der Waals surface area (Å²) in [6.07, 6.45) is 6.02. The second-order valence-corrected chi connectivity index (χ2v) is 7.38. The molecule has 1 N–H and O–H groups in total. The zero-order valence-corrected chi connectivity index (χ0v) is 16.2. The molecule has 26 heavy (non-hydrogen) atoms. The molecular weight excluding hydrogens is 330 g/mol. The minimum absolute atomic E-state index is 0.0564. The van der Waals surface area contributed by atoms with Gasteiger partial charge in [-0.3, -0.25) is 4.90 Å². The highest BCUT2D eigenvalue weighted by Gasteiger charge is 2.28. The average Bonchev–Trinajstić information content (AvgIpc) is 3.10. The number of rotatable bonds is 6. The molecule has 1 atom stereocenters. The summed E-state index contributed by atoms with van der Waals surface area (Å²) in [5.41, 5.74) is 0. The minimum Gasteiger partial charge on any atom is -0.465 e. The van der Waals surface area contributed by atoms with Gasteiger partial charge in [-0.05, 0) is 38.8 Å². The molecule has 1 saturated carbocycles. The summed E-state index contributed by atoms with van der Waals surface area (Å²) in [4.78, 5) is 17.2. The molecule has 1 saturated heterocycles. The Kier molecular flexibility index (Phi) is 6.97. The minimum atomic E-state index is 0.0564. The Balaban J connectivity index is 1.63. The Morgan fingerprint density at radius 2 is 2.00 bits per heavy atom. The van der Waals surface area contributed by atoms with Gasteiger partial charge in [0.2, 0.25) is 0 Å². The maximum absolute atomic E-state index is 12.8. The summed E-state index contributed by atoms with van der Waals surface area (Å²) in [7, 11) is 0. The fraction of sp³-hybridized carbons (Fsp3) is 0.750. The number of nitrogens with zero attached hydrogens (tertiary/aromatic N) is 2. The van der Waals surface area contributed by atoms with Crippen LogP contribution in [0.2, 0.25) is 0 Å². The second kappa shape index (κ2) is 9.42. The number of ether oxygens (including phenoxy) is 1. The van der Waals surface area contributed by atoms with Crippen molar-refractivity contribution in [2.75, 3.05) is 39.4 Å². The monoisotopic (exact) mass is 363 g/mol. The topological polar surface area (TPSA) is 58.0 Å². The summed E-state index contributed by atoms with van der Waals surface area (Å²) in [6, 6.07) is 4.52. The smallest absolute Gasteiger partial charge is 0.317 e. The van der Waals surface area contributed by atoms with Gasteiger partial charge in [-0.25, -0.2) is 4.79 Å². The number of carbonyl (C=O) groups excluding carboxylic acids is 1. The van der Waals surface area contributed by atoms with Crippen LogP contribution in [0, 0.1) is 6.92 Å². The van der Waals surface area contributed by atoms with Crippen LogP contribution in [-0.4, -0.2) is 61.3 Å².